The molecule has 4 heterocycles. The number of carbonyl (C=O) groups is 3. The Bertz CT molecular complexity index is 2290. The van der Waals surface area contributed by atoms with Gasteiger partial charge in [-0.25, -0.2) is 9.50 Å². The second kappa shape index (κ2) is 15.5. The number of imide groups is 1. The van der Waals surface area contributed by atoms with Crippen molar-refractivity contribution in [3.63, 3.8) is 0 Å². The van der Waals surface area contributed by atoms with Gasteiger partial charge in [-0.2, -0.15) is 18.3 Å². The molecule has 0 bridgehead atoms. The summed E-state index contributed by atoms with van der Waals surface area (Å²) < 4.78 is 44.7. The lowest BCUT2D eigenvalue weighted by atomic mass is 10.0. The zero-order valence-corrected chi connectivity index (χ0v) is 29.4. The molecule has 2 aromatic heterocycles. The Morgan fingerprint density at radius 1 is 0.926 bits per heavy atom. The van der Waals surface area contributed by atoms with E-state index in [0.29, 0.717) is 56.0 Å². The van der Waals surface area contributed by atoms with Gasteiger partial charge in [0, 0.05) is 74.4 Å². The van der Waals surface area contributed by atoms with E-state index in [9.17, 15) is 27.6 Å². The standard InChI is InChI=1S/C40H37F3N8O3/c1-26-8-9-28(21-27(26)11-13-32-23-44-36-7-4-16-45-51(32)36)38(53)46-31-12-10-29(33(22-31)40(41,42)43)24-49-17-19-50(20-18-49)25-30-5-2-3-6-34(30)47-35-14-15-37(52)48-39(35)54/h2-10,12,16,21-23,35,47H,14-15,17-20,24-25H2,1H3,(H,46,53)(H,48,52,54). The number of carbonyl (C=O) groups excluding carboxylic acids is 3. The number of rotatable bonds is 8. The number of hydrogen-bond donors (Lipinski definition) is 3. The van der Waals surface area contributed by atoms with Crippen molar-refractivity contribution in [2.24, 2.45) is 0 Å². The number of alkyl halides is 3. The van der Waals surface area contributed by atoms with Crippen LogP contribution >= 0.6 is 0 Å². The van der Waals surface area contributed by atoms with Crippen LogP contribution in [0, 0.1) is 18.8 Å². The molecule has 1 atom stereocenters. The first-order valence-corrected chi connectivity index (χ1v) is 17.6. The summed E-state index contributed by atoms with van der Waals surface area (Å²) in [7, 11) is 0. The third-order valence-electron chi connectivity index (χ3n) is 9.62. The van der Waals surface area contributed by atoms with Crippen molar-refractivity contribution in [1.29, 1.82) is 0 Å². The van der Waals surface area contributed by atoms with Crippen LogP contribution in [0.2, 0.25) is 0 Å². The Balaban J connectivity index is 0.980. The fourth-order valence-corrected chi connectivity index (χ4v) is 6.61. The fraction of sp³-hybridized carbons (Fsp3) is 0.275. The lowest BCUT2D eigenvalue weighted by Crippen LogP contribution is -2.47. The summed E-state index contributed by atoms with van der Waals surface area (Å²) in [4.78, 5) is 45.6. The normalized spacial score (nSPS) is 16.8. The van der Waals surface area contributed by atoms with E-state index in [4.69, 9.17) is 0 Å². The number of anilines is 2. The Labute approximate surface area is 309 Å². The number of hydrogen-bond acceptors (Lipinski definition) is 8. The maximum atomic E-state index is 14.4. The third kappa shape index (κ3) is 8.43. The van der Waals surface area contributed by atoms with E-state index in [1.54, 1.807) is 41.2 Å². The van der Waals surface area contributed by atoms with E-state index >= 15 is 0 Å². The van der Waals surface area contributed by atoms with Crippen LogP contribution in [0.4, 0.5) is 24.5 Å². The average molecular weight is 735 g/mol. The number of amides is 3. The fourth-order valence-electron chi connectivity index (χ4n) is 6.61. The maximum absolute atomic E-state index is 14.4. The number of nitrogens with zero attached hydrogens (tertiary/aromatic N) is 5. The second-order valence-corrected chi connectivity index (χ2v) is 13.4. The highest BCUT2D eigenvalue weighted by Gasteiger charge is 2.34. The minimum atomic E-state index is -4.63. The summed E-state index contributed by atoms with van der Waals surface area (Å²) in [6.45, 7) is 4.96. The second-order valence-electron chi connectivity index (χ2n) is 13.4. The molecule has 3 aromatic carbocycles. The van der Waals surface area contributed by atoms with E-state index < -0.39 is 23.7 Å². The van der Waals surface area contributed by atoms with Gasteiger partial charge in [0.25, 0.3) is 5.91 Å². The van der Waals surface area contributed by atoms with Gasteiger partial charge in [0.1, 0.15) is 11.7 Å². The number of imidazole rings is 1. The first kappa shape index (κ1) is 36.3. The SMILES string of the molecule is Cc1ccc(C(=O)Nc2ccc(CN3CCN(Cc4ccccc4NC4CCC(=O)NC4=O)CC3)c(C(F)(F)F)c2)cc1C#Cc1cnc2cccnn12. The molecule has 7 rings (SSSR count). The Morgan fingerprint density at radius 2 is 1.69 bits per heavy atom. The van der Waals surface area contributed by atoms with E-state index in [2.05, 4.69) is 42.8 Å². The maximum Gasteiger partial charge on any atom is 0.416 e. The summed E-state index contributed by atoms with van der Waals surface area (Å²) in [6, 6.07) is 19.6. The molecule has 0 spiro atoms. The van der Waals surface area contributed by atoms with Crippen LogP contribution in [0.25, 0.3) is 5.65 Å². The zero-order valence-electron chi connectivity index (χ0n) is 29.4. The minimum absolute atomic E-state index is 0.0375. The van der Waals surface area contributed by atoms with E-state index in [0.717, 1.165) is 22.9 Å². The molecule has 1 unspecified atom stereocenters. The third-order valence-corrected chi connectivity index (χ3v) is 9.62. The van der Waals surface area contributed by atoms with Crippen LogP contribution in [0.5, 0.6) is 0 Å². The predicted molar refractivity (Wildman–Crippen MR) is 196 cm³/mol. The zero-order chi connectivity index (χ0) is 37.8. The highest BCUT2D eigenvalue weighted by Crippen LogP contribution is 2.35. The molecule has 0 saturated carbocycles. The Hall–Kier alpha value is -6.04. The van der Waals surface area contributed by atoms with E-state index in [1.807, 2.05) is 42.2 Å². The lowest BCUT2D eigenvalue weighted by Gasteiger charge is -2.35. The van der Waals surface area contributed by atoms with E-state index in [1.165, 1.54) is 12.1 Å². The quantitative estimate of drug-likeness (QED) is 0.146. The highest BCUT2D eigenvalue weighted by molar-refractivity contribution is 6.04. The number of piperazine rings is 1. The van der Waals surface area contributed by atoms with Gasteiger partial charge in [0.15, 0.2) is 5.65 Å². The van der Waals surface area contributed by atoms with Crippen molar-refractivity contribution in [2.45, 2.75) is 45.1 Å². The van der Waals surface area contributed by atoms with Crippen LogP contribution < -0.4 is 16.0 Å². The van der Waals surface area contributed by atoms with Crippen molar-refractivity contribution in [3.8, 4) is 11.8 Å². The Kier molecular flexibility index (Phi) is 10.4. The summed E-state index contributed by atoms with van der Waals surface area (Å²) >= 11 is 0. The lowest BCUT2D eigenvalue weighted by molar-refractivity contribution is -0.138. The number of aryl methyl sites for hydroxylation is 1. The van der Waals surface area contributed by atoms with Crippen LogP contribution in [-0.2, 0) is 28.9 Å². The number of piperidine rings is 1. The molecule has 2 aliphatic heterocycles. The number of aromatic nitrogens is 3. The smallest absolute Gasteiger partial charge is 0.373 e. The van der Waals surface area contributed by atoms with Crippen molar-refractivity contribution < 1.29 is 27.6 Å². The molecule has 276 valence electrons. The van der Waals surface area contributed by atoms with Gasteiger partial charge in [-0.3, -0.25) is 29.5 Å². The van der Waals surface area contributed by atoms with Crippen molar-refractivity contribution in [3.05, 3.63) is 124 Å². The summed E-state index contributed by atoms with van der Waals surface area (Å²) in [6.07, 6.45) is -0.701. The molecule has 54 heavy (non-hydrogen) atoms. The number of benzene rings is 3. The van der Waals surface area contributed by atoms with Gasteiger partial charge in [-0.1, -0.05) is 36.3 Å². The van der Waals surface area contributed by atoms with E-state index in [-0.39, 0.29) is 41.6 Å². The van der Waals surface area contributed by atoms with Crippen molar-refractivity contribution >= 4 is 34.7 Å². The minimum Gasteiger partial charge on any atom is -0.373 e. The molecule has 11 nitrogen and oxygen atoms in total. The molecule has 14 heteroatoms. The molecule has 0 radical (unpaired) electrons. The van der Waals surface area contributed by atoms with Crippen LogP contribution in [-0.4, -0.2) is 74.3 Å². The number of fused-ring (bicyclic) bond motifs is 1. The molecule has 3 N–H and O–H groups in total. The molecule has 0 aliphatic carbocycles. The average Bonchev–Trinajstić information content (AvgIpc) is 3.57. The molecule has 2 saturated heterocycles. The summed E-state index contributed by atoms with van der Waals surface area (Å²) in [5.41, 5.74) is 4.06. The molecular weight excluding hydrogens is 697 g/mol. The van der Waals surface area contributed by atoms with Gasteiger partial charge >= 0.3 is 6.18 Å². The largest absolute Gasteiger partial charge is 0.416 e. The molecular formula is C40H37F3N8O3. The van der Waals surface area contributed by atoms with Gasteiger partial charge in [-0.15, -0.1) is 0 Å². The number of halogens is 3. The first-order valence-electron chi connectivity index (χ1n) is 17.6. The number of nitrogens with one attached hydrogen (secondary N) is 3. The number of para-hydroxylation sites is 1. The summed E-state index contributed by atoms with van der Waals surface area (Å²) in [5, 5.41) is 12.5. The molecule has 3 amide bonds. The Morgan fingerprint density at radius 3 is 2.44 bits per heavy atom. The first-order chi connectivity index (χ1) is 26.0. The topological polar surface area (TPSA) is 124 Å². The van der Waals surface area contributed by atoms with Crippen molar-refractivity contribution in [1.82, 2.24) is 29.7 Å². The molecule has 2 aliphatic rings. The van der Waals surface area contributed by atoms with Gasteiger partial charge in [0.2, 0.25) is 11.8 Å². The monoisotopic (exact) mass is 734 g/mol. The van der Waals surface area contributed by atoms with Gasteiger partial charge in [-0.05, 0) is 78.4 Å². The van der Waals surface area contributed by atoms with Gasteiger partial charge < -0.3 is 10.6 Å². The molecule has 5 aromatic rings. The van der Waals surface area contributed by atoms with Gasteiger partial charge in [0.05, 0.1) is 11.8 Å². The van der Waals surface area contributed by atoms with Crippen LogP contribution in [0.1, 0.15) is 56.7 Å². The van der Waals surface area contributed by atoms with Crippen LogP contribution in [0.15, 0.2) is 85.2 Å². The molecule has 2 fully saturated rings. The highest BCUT2D eigenvalue weighted by atomic mass is 19.4. The van der Waals surface area contributed by atoms with Crippen LogP contribution in [0.3, 0.4) is 0 Å². The predicted octanol–water partition coefficient (Wildman–Crippen LogP) is 5.24. The van der Waals surface area contributed by atoms with Crippen molar-refractivity contribution in [2.75, 3.05) is 36.8 Å². The summed E-state index contributed by atoms with van der Waals surface area (Å²) in [5.74, 6) is 4.93.